The van der Waals surface area contributed by atoms with Gasteiger partial charge in [0.05, 0.1) is 18.2 Å². The van der Waals surface area contributed by atoms with E-state index in [2.05, 4.69) is 5.32 Å². The van der Waals surface area contributed by atoms with Gasteiger partial charge in [-0.3, -0.25) is 0 Å². The van der Waals surface area contributed by atoms with E-state index in [0.29, 0.717) is 5.02 Å². The van der Waals surface area contributed by atoms with Crippen molar-refractivity contribution in [1.29, 1.82) is 0 Å². The number of rotatable bonds is 4. The van der Waals surface area contributed by atoms with Crippen molar-refractivity contribution in [1.82, 2.24) is 5.32 Å². The van der Waals surface area contributed by atoms with Crippen LogP contribution in [-0.4, -0.2) is 14.2 Å². The molecular formula is C13H13Cl2NOS. The zero-order valence-corrected chi connectivity index (χ0v) is 12.4. The Kier molecular flexibility index (Phi) is 4.51. The Morgan fingerprint density at radius 2 is 2.06 bits per heavy atom. The lowest BCUT2D eigenvalue weighted by Crippen LogP contribution is -2.17. The van der Waals surface area contributed by atoms with Gasteiger partial charge in [0.2, 0.25) is 0 Å². The molecule has 0 aliphatic rings. The zero-order valence-electron chi connectivity index (χ0n) is 10.0. The average Bonchev–Trinajstić information content (AvgIpc) is 2.78. The highest BCUT2D eigenvalue weighted by molar-refractivity contribution is 7.10. The highest BCUT2D eigenvalue weighted by Crippen LogP contribution is 2.37. The van der Waals surface area contributed by atoms with Crippen molar-refractivity contribution in [2.45, 2.75) is 6.04 Å². The minimum atomic E-state index is 0.00437. The summed E-state index contributed by atoms with van der Waals surface area (Å²) in [6.45, 7) is 0. The fourth-order valence-electron chi connectivity index (χ4n) is 1.86. The van der Waals surface area contributed by atoms with Gasteiger partial charge in [0.15, 0.2) is 0 Å². The summed E-state index contributed by atoms with van der Waals surface area (Å²) < 4.78 is 5.38. The number of halogens is 2. The summed E-state index contributed by atoms with van der Waals surface area (Å²) in [5, 5.41) is 6.65. The number of ether oxygens (including phenoxy) is 1. The largest absolute Gasteiger partial charge is 0.496 e. The summed E-state index contributed by atoms with van der Waals surface area (Å²) in [7, 11) is 3.53. The summed E-state index contributed by atoms with van der Waals surface area (Å²) in [6.07, 6.45) is 0. The van der Waals surface area contributed by atoms with Crippen molar-refractivity contribution < 1.29 is 4.74 Å². The van der Waals surface area contributed by atoms with Gasteiger partial charge >= 0.3 is 0 Å². The first kappa shape index (κ1) is 13.7. The van der Waals surface area contributed by atoms with E-state index in [1.165, 1.54) is 0 Å². The summed E-state index contributed by atoms with van der Waals surface area (Å²) in [6, 6.07) is 7.52. The van der Waals surface area contributed by atoms with Gasteiger partial charge in [0.1, 0.15) is 5.75 Å². The number of nitrogens with one attached hydrogen (secondary N) is 1. The highest BCUT2D eigenvalue weighted by Gasteiger charge is 2.20. The van der Waals surface area contributed by atoms with Gasteiger partial charge in [-0.1, -0.05) is 29.3 Å². The smallest absolute Gasteiger partial charge is 0.125 e. The molecule has 2 aromatic rings. The van der Waals surface area contributed by atoms with E-state index in [9.17, 15) is 0 Å². The second-order valence-electron chi connectivity index (χ2n) is 3.74. The molecule has 0 spiro atoms. The van der Waals surface area contributed by atoms with E-state index >= 15 is 0 Å². The molecular weight excluding hydrogens is 289 g/mol. The van der Waals surface area contributed by atoms with E-state index in [1.54, 1.807) is 18.4 Å². The quantitative estimate of drug-likeness (QED) is 0.905. The van der Waals surface area contributed by atoms with E-state index in [-0.39, 0.29) is 6.04 Å². The Hall–Kier alpha value is -0.740. The third-order valence-electron chi connectivity index (χ3n) is 2.70. The number of hydrogen-bond donors (Lipinski definition) is 1. The van der Waals surface area contributed by atoms with Crippen LogP contribution < -0.4 is 10.1 Å². The van der Waals surface area contributed by atoms with Gasteiger partial charge in [-0.25, -0.2) is 0 Å². The second-order valence-corrected chi connectivity index (χ2v) is 5.53. The SMILES string of the molecule is CNC(c1ccc(Cl)cc1OC)c1sccc1Cl. The van der Waals surface area contributed by atoms with Crippen molar-refractivity contribution in [3.63, 3.8) is 0 Å². The van der Waals surface area contributed by atoms with Gasteiger partial charge in [0.25, 0.3) is 0 Å². The van der Waals surface area contributed by atoms with Crippen molar-refractivity contribution in [3.05, 3.63) is 50.1 Å². The molecule has 2 rings (SSSR count). The molecule has 2 nitrogen and oxygen atoms in total. The van der Waals surface area contributed by atoms with Gasteiger partial charge in [0, 0.05) is 15.5 Å². The average molecular weight is 302 g/mol. The molecule has 0 amide bonds. The molecule has 0 fully saturated rings. The maximum absolute atomic E-state index is 6.19. The standard InChI is InChI=1S/C13H13Cl2NOS/c1-16-12(13-10(15)5-6-18-13)9-4-3-8(14)7-11(9)17-2/h3-7,12,16H,1-2H3. The third-order valence-corrected chi connectivity index (χ3v) is 4.36. The van der Waals surface area contributed by atoms with E-state index in [1.807, 2.05) is 36.7 Å². The van der Waals surface area contributed by atoms with Crippen LogP contribution in [0.25, 0.3) is 0 Å². The Morgan fingerprint density at radius 1 is 1.28 bits per heavy atom. The monoisotopic (exact) mass is 301 g/mol. The third kappa shape index (κ3) is 2.64. The van der Waals surface area contributed by atoms with Crippen LogP contribution in [0.4, 0.5) is 0 Å². The zero-order chi connectivity index (χ0) is 13.1. The first-order valence-corrected chi connectivity index (χ1v) is 7.04. The molecule has 1 aromatic heterocycles. The number of thiophene rings is 1. The number of methoxy groups -OCH3 is 1. The lowest BCUT2D eigenvalue weighted by Gasteiger charge is -2.19. The second kappa shape index (κ2) is 5.93. The van der Waals surface area contributed by atoms with Crippen LogP contribution in [-0.2, 0) is 0 Å². The van der Waals surface area contributed by atoms with Crippen LogP contribution in [0.1, 0.15) is 16.5 Å². The van der Waals surface area contributed by atoms with Crippen LogP contribution >= 0.6 is 34.5 Å². The summed E-state index contributed by atoms with van der Waals surface area (Å²) >= 11 is 13.8. The first-order chi connectivity index (χ1) is 8.67. The van der Waals surface area contributed by atoms with Crippen molar-refractivity contribution >= 4 is 34.5 Å². The Morgan fingerprint density at radius 3 is 2.61 bits per heavy atom. The van der Waals surface area contributed by atoms with Crippen LogP contribution in [0, 0.1) is 0 Å². The first-order valence-electron chi connectivity index (χ1n) is 5.41. The van der Waals surface area contributed by atoms with Gasteiger partial charge in [-0.2, -0.15) is 0 Å². The Labute approximate surface area is 120 Å². The molecule has 1 aromatic carbocycles. The number of hydrogen-bond acceptors (Lipinski definition) is 3. The van der Waals surface area contributed by atoms with Crippen LogP contribution in [0.3, 0.4) is 0 Å². The van der Waals surface area contributed by atoms with Gasteiger partial charge in [-0.15, -0.1) is 11.3 Å². The van der Waals surface area contributed by atoms with Gasteiger partial charge < -0.3 is 10.1 Å². The molecule has 96 valence electrons. The number of benzene rings is 1. The molecule has 0 bridgehead atoms. The minimum Gasteiger partial charge on any atom is -0.496 e. The predicted octanol–water partition coefficient (Wildman–Crippen LogP) is 4.37. The molecule has 1 N–H and O–H groups in total. The molecule has 18 heavy (non-hydrogen) atoms. The predicted molar refractivity (Wildman–Crippen MR) is 78.2 cm³/mol. The summed E-state index contributed by atoms with van der Waals surface area (Å²) in [5.74, 6) is 0.756. The lowest BCUT2D eigenvalue weighted by atomic mass is 10.0. The minimum absolute atomic E-state index is 0.00437. The van der Waals surface area contributed by atoms with Crippen LogP contribution in [0.15, 0.2) is 29.6 Å². The Balaban J connectivity index is 2.48. The van der Waals surface area contributed by atoms with Crippen LogP contribution in [0.2, 0.25) is 10.0 Å². The highest BCUT2D eigenvalue weighted by atomic mass is 35.5. The molecule has 5 heteroatoms. The molecule has 0 saturated carbocycles. The molecule has 1 heterocycles. The van der Waals surface area contributed by atoms with E-state index in [4.69, 9.17) is 27.9 Å². The maximum Gasteiger partial charge on any atom is 0.125 e. The van der Waals surface area contributed by atoms with Crippen molar-refractivity contribution in [3.8, 4) is 5.75 Å². The maximum atomic E-state index is 6.19. The normalized spacial score (nSPS) is 12.4. The Bertz CT molecular complexity index is 542. The summed E-state index contributed by atoms with van der Waals surface area (Å²) in [4.78, 5) is 1.07. The van der Waals surface area contributed by atoms with E-state index in [0.717, 1.165) is 21.2 Å². The molecule has 0 radical (unpaired) electrons. The molecule has 0 aliphatic carbocycles. The molecule has 1 unspecified atom stereocenters. The topological polar surface area (TPSA) is 21.3 Å². The molecule has 0 saturated heterocycles. The van der Waals surface area contributed by atoms with Gasteiger partial charge in [-0.05, 0) is 30.6 Å². The molecule has 0 aliphatic heterocycles. The van der Waals surface area contributed by atoms with Crippen molar-refractivity contribution in [2.24, 2.45) is 0 Å². The lowest BCUT2D eigenvalue weighted by molar-refractivity contribution is 0.406. The molecule has 1 atom stereocenters. The summed E-state index contributed by atoms with van der Waals surface area (Å²) in [5.41, 5.74) is 1.02. The fourth-order valence-corrected chi connectivity index (χ4v) is 3.32. The van der Waals surface area contributed by atoms with Crippen LogP contribution in [0.5, 0.6) is 5.75 Å². The fraction of sp³-hybridized carbons (Fsp3) is 0.231. The van der Waals surface area contributed by atoms with E-state index < -0.39 is 0 Å². The van der Waals surface area contributed by atoms with Crippen molar-refractivity contribution in [2.75, 3.05) is 14.2 Å².